The van der Waals surface area contributed by atoms with Gasteiger partial charge in [0.1, 0.15) is 0 Å². The highest BCUT2D eigenvalue weighted by Gasteiger charge is 2.08. The minimum Gasteiger partial charge on any atom is -0.504 e. The number of hydrogen-bond donors (Lipinski definition) is 3. The van der Waals surface area contributed by atoms with Gasteiger partial charge in [0.2, 0.25) is 0 Å². The maximum absolute atomic E-state index is 9.24. The quantitative estimate of drug-likeness (QED) is 0.529. The molecule has 0 aliphatic rings. The van der Waals surface area contributed by atoms with Crippen molar-refractivity contribution in [2.45, 2.75) is 13.0 Å². The van der Waals surface area contributed by atoms with Gasteiger partial charge in [-0.1, -0.05) is 12.1 Å². The Morgan fingerprint density at radius 2 is 2.00 bits per heavy atom. The van der Waals surface area contributed by atoms with Crippen molar-refractivity contribution in [2.75, 3.05) is 0 Å². The molecule has 0 aliphatic carbocycles. The van der Waals surface area contributed by atoms with Crippen LogP contribution in [0, 0.1) is 0 Å². The van der Waals surface area contributed by atoms with Crippen LogP contribution in [0.5, 0.6) is 11.5 Å². The molecule has 3 heteroatoms. The summed E-state index contributed by atoms with van der Waals surface area (Å²) in [5.74, 6) is -0.248. The van der Waals surface area contributed by atoms with Crippen LogP contribution in [-0.2, 0) is 0 Å². The molecule has 1 aromatic rings. The first-order valence-electron chi connectivity index (χ1n) is 3.39. The molecule has 0 spiro atoms. The molecule has 0 amide bonds. The van der Waals surface area contributed by atoms with Crippen LogP contribution in [0.3, 0.4) is 0 Å². The van der Waals surface area contributed by atoms with Crippen molar-refractivity contribution >= 4 is 0 Å². The number of para-hydroxylation sites is 1. The van der Waals surface area contributed by atoms with Gasteiger partial charge >= 0.3 is 0 Å². The van der Waals surface area contributed by atoms with Crippen molar-refractivity contribution in [2.24, 2.45) is 5.73 Å². The molecule has 1 atom stereocenters. The molecule has 0 aliphatic heterocycles. The first-order valence-corrected chi connectivity index (χ1v) is 3.39. The predicted molar refractivity (Wildman–Crippen MR) is 42.4 cm³/mol. The van der Waals surface area contributed by atoms with Crippen molar-refractivity contribution in [1.29, 1.82) is 0 Å². The number of hydrogen-bond acceptors (Lipinski definition) is 3. The molecule has 0 heterocycles. The number of phenolic OH excluding ortho intramolecular Hbond substituents is 2. The lowest BCUT2D eigenvalue weighted by Crippen LogP contribution is -2.04. The molecule has 3 nitrogen and oxygen atoms in total. The van der Waals surface area contributed by atoms with Crippen LogP contribution in [-0.4, -0.2) is 10.2 Å². The topological polar surface area (TPSA) is 66.5 Å². The number of aromatic hydroxyl groups is 2. The van der Waals surface area contributed by atoms with Crippen LogP contribution in [0.25, 0.3) is 0 Å². The third-order valence-corrected chi connectivity index (χ3v) is 1.54. The Morgan fingerprint density at radius 3 is 2.45 bits per heavy atom. The van der Waals surface area contributed by atoms with Gasteiger partial charge in [-0.25, -0.2) is 0 Å². The summed E-state index contributed by atoms with van der Waals surface area (Å²) in [5.41, 5.74) is 6.07. The van der Waals surface area contributed by atoms with Crippen LogP contribution >= 0.6 is 0 Å². The Balaban J connectivity index is 3.17. The number of phenols is 2. The van der Waals surface area contributed by atoms with E-state index in [9.17, 15) is 5.11 Å². The van der Waals surface area contributed by atoms with Gasteiger partial charge in [0.25, 0.3) is 0 Å². The minimum atomic E-state index is -0.262. The Bertz CT molecular complexity index is 258. The molecule has 0 radical (unpaired) electrons. The van der Waals surface area contributed by atoms with Crippen LogP contribution in [0.1, 0.15) is 18.5 Å². The van der Waals surface area contributed by atoms with Gasteiger partial charge in [-0.3, -0.25) is 0 Å². The molecule has 0 saturated carbocycles. The minimum absolute atomic E-state index is 0.123. The van der Waals surface area contributed by atoms with Crippen molar-refractivity contribution in [3.05, 3.63) is 23.8 Å². The molecule has 4 N–H and O–H groups in total. The lowest BCUT2D eigenvalue weighted by molar-refractivity contribution is 0.397. The fourth-order valence-corrected chi connectivity index (χ4v) is 0.916. The van der Waals surface area contributed by atoms with Crippen molar-refractivity contribution < 1.29 is 10.2 Å². The average molecular weight is 153 g/mol. The summed E-state index contributed by atoms with van der Waals surface area (Å²) < 4.78 is 0. The summed E-state index contributed by atoms with van der Waals surface area (Å²) in [6.07, 6.45) is 0. The van der Waals surface area contributed by atoms with E-state index in [1.165, 1.54) is 6.07 Å². The van der Waals surface area contributed by atoms with E-state index in [4.69, 9.17) is 10.8 Å². The molecule has 60 valence electrons. The van der Waals surface area contributed by atoms with E-state index < -0.39 is 0 Å². The third-order valence-electron chi connectivity index (χ3n) is 1.54. The smallest absolute Gasteiger partial charge is 0.162 e. The van der Waals surface area contributed by atoms with Crippen LogP contribution in [0.4, 0.5) is 0 Å². The molecule has 0 bridgehead atoms. The average Bonchev–Trinajstić information content (AvgIpc) is 1.94. The van der Waals surface area contributed by atoms with Gasteiger partial charge in [-0.15, -0.1) is 0 Å². The zero-order chi connectivity index (χ0) is 8.43. The fourth-order valence-electron chi connectivity index (χ4n) is 0.916. The second-order valence-corrected chi connectivity index (χ2v) is 2.50. The zero-order valence-corrected chi connectivity index (χ0v) is 6.28. The maximum atomic E-state index is 9.24. The number of rotatable bonds is 1. The Hall–Kier alpha value is -1.22. The van der Waals surface area contributed by atoms with Crippen LogP contribution in [0.2, 0.25) is 0 Å². The molecular weight excluding hydrogens is 142 g/mol. The van der Waals surface area contributed by atoms with Gasteiger partial charge in [-0.05, 0) is 13.0 Å². The molecule has 11 heavy (non-hydrogen) atoms. The highest BCUT2D eigenvalue weighted by Crippen LogP contribution is 2.31. The molecule has 0 unspecified atom stereocenters. The largest absolute Gasteiger partial charge is 0.504 e. The highest BCUT2D eigenvalue weighted by molar-refractivity contribution is 5.45. The SMILES string of the molecule is C[C@H](N)c1cccc(O)c1O. The molecule has 0 saturated heterocycles. The summed E-state index contributed by atoms with van der Waals surface area (Å²) in [6.45, 7) is 1.74. The first-order chi connectivity index (χ1) is 5.13. The summed E-state index contributed by atoms with van der Waals surface area (Å²) in [6, 6.07) is 4.48. The van der Waals surface area contributed by atoms with E-state index in [1.54, 1.807) is 19.1 Å². The molecule has 1 aromatic carbocycles. The van der Waals surface area contributed by atoms with Gasteiger partial charge in [0.15, 0.2) is 11.5 Å². The number of nitrogens with two attached hydrogens (primary N) is 1. The van der Waals surface area contributed by atoms with Gasteiger partial charge in [0.05, 0.1) is 0 Å². The Labute approximate surface area is 65.1 Å². The predicted octanol–water partition coefficient (Wildman–Crippen LogP) is 1.12. The highest BCUT2D eigenvalue weighted by atomic mass is 16.3. The summed E-state index contributed by atoms with van der Waals surface area (Å²) >= 11 is 0. The molecule has 1 rings (SSSR count). The molecule has 0 fully saturated rings. The monoisotopic (exact) mass is 153 g/mol. The van der Waals surface area contributed by atoms with Crippen molar-refractivity contribution in [3.63, 3.8) is 0 Å². The van der Waals surface area contributed by atoms with Crippen molar-refractivity contribution in [3.8, 4) is 11.5 Å². The van der Waals surface area contributed by atoms with E-state index in [1.807, 2.05) is 0 Å². The normalized spacial score (nSPS) is 12.9. The summed E-state index contributed by atoms with van der Waals surface area (Å²) in [7, 11) is 0. The van der Waals surface area contributed by atoms with E-state index >= 15 is 0 Å². The second-order valence-electron chi connectivity index (χ2n) is 2.50. The summed E-state index contributed by atoms with van der Waals surface area (Å²) in [5, 5.41) is 18.3. The van der Waals surface area contributed by atoms with Gasteiger partial charge < -0.3 is 15.9 Å². The number of benzene rings is 1. The van der Waals surface area contributed by atoms with Gasteiger partial charge in [0, 0.05) is 11.6 Å². The Kier molecular flexibility index (Phi) is 2.01. The maximum Gasteiger partial charge on any atom is 0.162 e. The second kappa shape index (κ2) is 2.80. The lowest BCUT2D eigenvalue weighted by Gasteiger charge is -2.08. The summed E-state index contributed by atoms with van der Waals surface area (Å²) in [4.78, 5) is 0. The fraction of sp³-hybridized carbons (Fsp3) is 0.250. The lowest BCUT2D eigenvalue weighted by atomic mass is 10.1. The first kappa shape index (κ1) is 7.88. The van der Waals surface area contributed by atoms with E-state index in [0.717, 1.165) is 0 Å². The Morgan fingerprint density at radius 1 is 1.36 bits per heavy atom. The third kappa shape index (κ3) is 1.43. The standard InChI is InChI=1S/C8H11NO2/c1-5(9)6-3-2-4-7(10)8(6)11/h2-5,10-11H,9H2,1H3/t5-/m0/s1. The van der Waals surface area contributed by atoms with E-state index in [0.29, 0.717) is 5.56 Å². The zero-order valence-electron chi connectivity index (χ0n) is 6.28. The molecule has 0 aromatic heterocycles. The van der Waals surface area contributed by atoms with Crippen molar-refractivity contribution in [1.82, 2.24) is 0 Å². The van der Waals surface area contributed by atoms with E-state index in [2.05, 4.69) is 0 Å². The van der Waals surface area contributed by atoms with E-state index in [-0.39, 0.29) is 17.5 Å². The van der Waals surface area contributed by atoms with Crippen LogP contribution < -0.4 is 5.73 Å². The van der Waals surface area contributed by atoms with Crippen LogP contribution in [0.15, 0.2) is 18.2 Å². The molecular formula is C8H11NO2. The van der Waals surface area contributed by atoms with Gasteiger partial charge in [-0.2, -0.15) is 0 Å².